The number of hydrogen-bond donors (Lipinski definition) is 1. The summed E-state index contributed by atoms with van der Waals surface area (Å²) in [5.74, 6) is 0.420. The van der Waals surface area contributed by atoms with Gasteiger partial charge in [0.05, 0.1) is 11.4 Å². The molecule has 1 aromatic carbocycles. The molecule has 2 aromatic rings. The van der Waals surface area contributed by atoms with Crippen molar-refractivity contribution in [3.8, 4) is 17.1 Å². The van der Waals surface area contributed by atoms with Crippen LogP contribution in [-0.2, 0) is 10.0 Å². The molecular formula is C14H17N3O3S. The number of rotatable bonds is 7. The average molecular weight is 307 g/mol. The van der Waals surface area contributed by atoms with Crippen molar-refractivity contribution in [3.05, 3.63) is 42.5 Å². The minimum atomic E-state index is -3.18. The Labute approximate surface area is 124 Å². The summed E-state index contributed by atoms with van der Waals surface area (Å²) in [5, 5.41) is 8.04. The minimum absolute atomic E-state index is 0.0541. The largest absolute Gasteiger partial charge is 0.475 e. The molecule has 0 saturated heterocycles. The van der Waals surface area contributed by atoms with E-state index in [0.29, 0.717) is 5.88 Å². The SMILES string of the molecule is CCS(=O)(=O)NCCOc1ccc(-c2ccccc2)nn1. The molecular weight excluding hydrogens is 290 g/mol. The minimum Gasteiger partial charge on any atom is -0.475 e. The van der Waals surface area contributed by atoms with E-state index in [4.69, 9.17) is 4.74 Å². The second kappa shape index (κ2) is 7.14. The molecule has 21 heavy (non-hydrogen) atoms. The van der Waals surface area contributed by atoms with Gasteiger partial charge in [0, 0.05) is 18.2 Å². The van der Waals surface area contributed by atoms with Crippen molar-refractivity contribution in [2.75, 3.05) is 18.9 Å². The van der Waals surface area contributed by atoms with E-state index in [-0.39, 0.29) is 18.9 Å². The van der Waals surface area contributed by atoms with E-state index in [1.807, 2.05) is 36.4 Å². The molecule has 1 aromatic heterocycles. The van der Waals surface area contributed by atoms with Crippen molar-refractivity contribution in [1.82, 2.24) is 14.9 Å². The molecule has 6 nitrogen and oxygen atoms in total. The molecule has 1 heterocycles. The number of nitrogens with zero attached hydrogens (tertiary/aromatic N) is 2. The third-order valence-electron chi connectivity index (χ3n) is 2.76. The lowest BCUT2D eigenvalue weighted by Gasteiger charge is -2.06. The van der Waals surface area contributed by atoms with Gasteiger partial charge >= 0.3 is 0 Å². The summed E-state index contributed by atoms with van der Waals surface area (Å²) < 4.78 is 30.2. The van der Waals surface area contributed by atoms with Crippen LogP contribution in [0, 0.1) is 0 Å². The van der Waals surface area contributed by atoms with Crippen LogP contribution in [0.1, 0.15) is 6.92 Å². The summed E-state index contributed by atoms with van der Waals surface area (Å²) in [7, 11) is -3.18. The van der Waals surface area contributed by atoms with Gasteiger partial charge in [0.1, 0.15) is 6.61 Å². The van der Waals surface area contributed by atoms with Crippen molar-refractivity contribution in [2.24, 2.45) is 0 Å². The first-order valence-electron chi connectivity index (χ1n) is 6.60. The molecule has 0 fully saturated rings. The highest BCUT2D eigenvalue weighted by Crippen LogP contribution is 2.16. The fraction of sp³-hybridized carbons (Fsp3) is 0.286. The molecule has 1 N–H and O–H groups in total. The average Bonchev–Trinajstić information content (AvgIpc) is 2.53. The van der Waals surface area contributed by atoms with Crippen molar-refractivity contribution in [3.63, 3.8) is 0 Å². The highest BCUT2D eigenvalue weighted by atomic mass is 32.2. The number of ether oxygens (including phenoxy) is 1. The van der Waals surface area contributed by atoms with Crippen molar-refractivity contribution >= 4 is 10.0 Å². The van der Waals surface area contributed by atoms with Crippen LogP contribution in [0.3, 0.4) is 0 Å². The second-order valence-corrected chi connectivity index (χ2v) is 6.36. The van der Waals surface area contributed by atoms with Gasteiger partial charge < -0.3 is 4.74 Å². The number of benzene rings is 1. The highest BCUT2D eigenvalue weighted by Gasteiger charge is 2.05. The summed E-state index contributed by atoms with van der Waals surface area (Å²) in [6.45, 7) is 1.99. The summed E-state index contributed by atoms with van der Waals surface area (Å²) in [6, 6.07) is 13.2. The van der Waals surface area contributed by atoms with Gasteiger partial charge in [-0.3, -0.25) is 0 Å². The zero-order chi connectivity index (χ0) is 15.1. The van der Waals surface area contributed by atoms with Gasteiger partial charge in [-0.05, 0) is 13.0 Å². The number of aromatic nitrogens is 2. The van der Waals surface area contributed by atoms with E-state index in [1.54, 1.807) is 13.0 Å². The van der Waals surface area contributed by atoms with Crippen LogP contribution >= 0.6 is 0 Å². The Kier molecular flexibility index (Phi) is 5.24. The van der Waals surface area contributed by atoms with Gasteiger partial charge in [-0.15, -0.1) is 10.2 Å². The first kappa shape index (κ1) is 15.4. The maximum Gasteiger partial charge on any atom is 0.233 e. The molecule has 0 radical (unpaired) electrons. The van der Waals surface area contributed by atoms with Crippen molar-refractivity contribution in [2.45, 2.75) is 6.92 Å². The molecule has 112 valence electrons. The van der Waals surface area contributed by atoms with Crippen LogP contribution in [-0.4, -0.2) is 37.5 Å². The highest BCUT2D eigenvalue weighted by molar-refractivity contribution is 7.89. The molecule has 0 aliphatic heterocycles. The summed E-state index contributed by atoms with van der Waals surface area (Å²) in [6.07, 6.45) is 0. The third kappa shape index (κ3) is 4.80. The second-order valence-electron chi connectivity index (χ2n) is 4.27. The quantitative estimate of drug-likeness (QED) is 0.783. The van der Waals surface area contributed by atoms with Crippen LogP contribution < -0.4 is 9.46 Å². The predicted octanol–water partition coefficient (Wildman–Crippen LogP) is 1.46. The smallest absolute Gasteiger partial charge is 0.233 e. The molecule has 0 bridgehead atoms. The molecule has 0 spiro atoms. The van der Waals surface area contributed by atoms with E-state index < -0.39 is 10.0 Å². The van der Waals surface area contributed by atoms with Gasteiger partial charge in [-0.25, -0.2) is 13.1 Å². The van der Waals surface area contributed by atoms with E-state index in [2.05, 4.69) is 14.9 Å². The van der Waals surface area contributed by atoms with Crippen molar-refractivity contribution in [1.29, 1.82) is 0 Å². The van der Waals surface area contributed by atoms with Gasteiger partial charge in [0.2, 0.25) is 15.9 Å². The van der Waals surface area contributed by atoms with Gasteiger partial charge in [0.15, 0.2) is 0 Å². The first-order chi connectivity index (χ1) is 10.1. The van der Waals surface area contributed by atoms with Gasteiger partial charge in [-0.1, -0.05) is 30.3 Å². The van der Waals surface area contributed by atoms with E-state index in [0.717, 1.165) is 11.3 Å². The topological polar surface area (TPSA) is 81.2 Å². The molecule has 7 heteroatoms. The summed E-state index contributed by atoms with van der Waals surface area (Å²) in [5.41, 5.74) is 1.74. The number of sulfonamides is 1. The summed E-state index contributed by atoms with van der Waals surface area (Å²) >= 11 is 0. The third-order valence-corrected chi connectivity index (χ3v) is 4.17. The summed E-state index contributed by atoms with van der Waals surface area (Å²) in [4.78, 5) is 0. The maximum absolute atomic E-state index is 11.2. The molecule has 0 amide bonds. The van der Waals surface area contributed by atoms with Crippen LogP contribution in [0.2, 0.25) is 0 Å². The van der Waals surface area contributed by atoms with Crippen LogP contribution in [0.4, 0.5) is 0 Å². The molecule has 0 aliphatic carbocycles. The monoisotopic (exact) mass is 307 g/mol. The Morgan fingerprint density at radius 1 is 1.10 bits per heavy atom. The lowest BCUT2D eigenvalue weighted by molar-refractivity contribution is 0.307. The van der Waals surface area contributed by atoms with E-state index in [1.165, 1.54) is 0 Å². The lowest BCUT2D eigenvalue weighted by atomic mass is 10.1. The number of hydrogen-bond acceptors (Lipinski definition) is 5. The van der Waals surface area contributed by atoms with Crippen LogP contribution in [0.25, 0.3) is 11.3 Å². The Morgan fingerprint density at radius 2 is 1.86 bits per heavy atom. The Morgan fingerprint density at radius 3 is 2.48 bits per heavy atom. The molecule has 0 saturated carbocycles. The van der Waals surface area contributed by atoms with Crippen LogP contribution in [0.5, 0.6) is 5.88 Å². The Bertz CT molecular complexity index is 658. The van der Waals surface area contributed by atoms with Gasteiger partial charge in [0.25, 0.3) is 0 Å². The van der Waals surface area contributed by atoms with Gasteiger partial charge in [-0.2, -0.15) is 0 Å². The maximum atomic E-state index is 11.2. The fourth-order valence-electron chi connectivity index (χ4n) is 1.61. The number of nitrogens with one attached hydrogen (secondary N) is 1. The Hall–Kier alpha value is -1.99. The molecule has 0 atom stereocenters. The molecule has 0 aliphatic rings. The van der Waals surface area contributed by atoms with Crippen molar-refractivity contribution < 1.29 is 13.2 Å². The van der Waals surface area contributed by atoms with Crippen LogP contribution in [0.15, 0.2) is 42.5 Å². The fourth-order valence-corrected chi connectivity index (χ4v) is 2.21. The zero-order valence-electron chi connectivity index (χ0n) is 11.7. The Balaban J connectivity index is 1.86. The molecule has 0 unspecified atom stereocenters. The first-order valence-corrected chi connectivity index (χ1v) is 8.25. The zero-order valence-corrected chi connectivity index (χ0v) is 12.5. The van der Waals surface area contributed by atoms with E-state index >= 15 is 0 Å². The normalized spacial score (nSPS) is 11.3. The lowest BCUT2D eigenvalue weighted by Crippen LogP contribution is -2.29. The standard InChI is InChI=1S/C14H17N3O3S/c1-2-21(18,19)15-10-11-20-14-9-8-13(16-17-14)12-6-4-3-5-7-12/h3-9,15H,2,10-11H2,1H3. The van der Waals surface area contributed by atoms with E-state index in [9.17, 15) is 8.42 Å². The molecule has 2 rings (SSSR count). The predicted molar refractivity (Wildman–Crippen MR) is 80.4 cm³/mol.